The van der Waals surface area contributed by atoms with Crippen molar-refractivity contribution in [1.82, 2.24) is 0 Å². The van der Waals surface area contributed by atoms with Crippen LogP contribution in [0, 0.1) is 5.41 Å². The molecule has 0 bridgehead atoms. The molecule has 0 aliphatic rings. The molecular weight excluding hydrogens is 416 g/mol. The van der Waals surface area contributed by atoms with Crippen molar-refractivity contribution < 1.29 is 0 Å². The van der Waals surface area contributed by atoms with Crippen molar-refractivity contribution in [2.75, 3.05) is 0 Å². The maximum absolute atomic E-state index is 4.35. The van der Waals surface area contributed by atoms with Gasteiger partial charge in [-0.15, -0.1) is 0 Å². The molecule has 0 saturated carbocycles. The van der Waals surface area contributed by atoms with Crippen LogP contribution in [0.5, 0.6) is 0 Å². The van der Waals surface area contributed by atoms with Crippen molar-refractivity contribution >= 4 is 21.5 Å². The van der Waals surface area contributed by atoms with Crippen LogP contribution >= 0.6 is 15.9 Å². The predicted octanol–water partition coefficient (Wildman–Crippen LogP) is 8.91. The van der Waals surface area contributed by atoms with Gasteiger partial charge in [-0.05, 0) is 52.3 Å². The van der Waals surface area contributed by atoms with Crippen LogP contribution in [0.4, 0.5) is 0 Å². The lowest BCUT2D eigenvalue weighted by molar-refractivity contribution is 0.544. The van der Waals surface area contributed by atoms with Gasteiger partial charge in [0.05, 0.1) is 0 Å². The summed E-state index contributed by atoms with van der Waals surface area (Å²) in [4.78, 5) is 0. The molecule has 1 atom stereocenters. The van der Waals surface area contributed by atoms with Crippen molar-refractivity contribution in [3.63, 3.8) is 0 Å². The summed E-state index contributed by atoms with van der Waals surface area (Å²) in [6.45, 7) is 13.2. The highest BCUT2D eigenvalue weighted by Gasteiger charge is 2.22. The largest absolute Gasteiger partial charge is 0.0992 e. The molecule has 3 aromatic carbocycles. The Balaban J connectivity index is 2.10. The maximum atomic E-state index is 4.35. The van der Waals surface area contributed by atoms with Gasteiger partial charge >= 0.3 is 0 Å². The molecular formula is C28H29Br. The minimum absolute atomic E-state index is 0.0626. The Bertz CT molecular complexity index is 1000. The van der Waals surface area contributed by atoms with Crippen molar-refractivity contribution in [1.29, 1.82) is 0 Å². The minimum Gasteiger partial charge on any atom is -0.0992 e. The Morgan fingerprint density at radius 3 is 2.03 bits per heavy atom. The molecule has 0 radical (unpaired) electrons. The summed E-state index contributed by atoms with van der Waals surface area (Å²) in [5.41, 5.74) is 7.49. The van der Waals surface area contributed by atoms with E-state index >= 15 is 0 Å². The molecule has 0 N–H and O–H groups in total. The van der Waals surface area contributed by atoms with Gasteiger partial charge in [0.2, 0.25) is 0 Å². The molecule has 0 spiro atoms. The topological polar surface area (TPSA) is 0 Å². The fraction of sp³-hybridized carbons (Fsp3) is 0.214. The van der Waals surface area contributed by atoms with Crippen molar-refractivity contribution in [2.24, 2.45) is 5.41 Å². The number of allylic oxidation sites excluding steroid dienone is 3. The van der Waals surface area contributed by atoms with Gasteiger partial charge in [-0.3, -0.25) is 0 Å². The third-order valence-corrected chi connectivity index (χ3v) is 5.39. The highest BCUT2D eigenvalue weighted by Crippen LogP contribution is 2.40. The van der Waals surface area contributed by atoms with Crippen molar-refractivity contribution in [2.45, 2.75) is 33.6 Å². The Hall–Kier alpha value is -2.38. The lowest BCUT2D eigenvalue weighted by Crippen LogP contribution is -2.09. The number of hydrogen-bond acceptors (Lipinski definition) is 0. The second-order valence-electron chi connectivity index (χ2n) is 8.74. The molecule has 0 saturated heterocycles. The lowest BCUT2D eigenvalue weighted by atomic mass is 9.78. The highest BCUT2D eigenvalue weighted by atomic mass is 79.9. The Morgan fingerprint density at radius 2 is 1.48 bits per heavy atom. The molecule has 0 heterocycles. The second kappa shape index (κ2) is 8.97. The van der Waals surface area contributed by atoms with Crippen LogP contribution in [0.2, 0.25) is 0 Å². The summed E-state index contributed by atoms with van der Waals surface area (Å²) in [5, 5.41) is 0. The van der Waals surface area contributed by atoms with Gasteiger partial charge in [0.1, 0.15) is 0 Å². The zero-order valence-corrected chi connectivity index (χ0v) is 19.3. The lowest BCUT2D eigenvalue weighted by Gasteiger charge is -2.26. The first-order valence-corrected chi connectivity index (χ1v) is 10.8. The van der Waals surface area contributed by atoms with Crippen molar-refractivity contribution in [3.8, 4) is 11.1 Å². The summed E-state index contributed by atoms with van der Waals surface area (Å²) in [6.07, 6.45) is 2.39. The molecule has 3 aromatic rings. The van der Waals surface area contributed by atoms with Gasteiger partial charge in [-0.2, -0.15) is 0 Å². The van der Waals surface area contributed by atoms with Crippen LogP contribution < -0.4 is 0 Å². The van der Waals surface area contributed by atoms with Crippen LogP contribution in [0.25, 0.3) is 16.7 Å². The predicted molar refractivity (Wildman–Crippen MR) is 131 cm³/mol. The summed E-state index contributed by atoms with van der Waals surface area (Å²) < 4.78 is 1.09. The molecule has 1 heteroatoms. The van der Waals surface area contributed by atoms with E-state index in [4.69, 9.17) is 0 Å². The van der Waals surface area contributed by atoms with E-state index in [9.17, 15) is 0 Å². The maximum Gasteiger partial charge on any atom is 0.0297 e. The zero-order chi connectivity index (χ0) is 21.0. The van der Waals surface area contributed by atoms with Gasteiger partial charge in [-0.25, -0.2) is 0 Å². The Labute approximate surface area is 184 Å². The van der Waals surface area contributed by atoms with Crippen LogP contribution in [-0.4, -0.2) is 0 Å². The molecule has 0 amide bonds. The molecule has 148 valence electrons. The minimum atomic E-state index is 0.0626. The van der Waals surface area contributed by atoms with Crippen LogP contribution in [0.15, 0.2) is 102 Å². The molecule has 29 heavy (non-hydrogen) atoms. The summed E-state index contributed by atoms with van der Waals surface area (Å²) >= 11 is 3.63. The van der Waals surface area contributed by atoms with Gasteiger partial charge in [0.25, 0.3) is 0 Å². The fourth-order valence-corrected chi connectivity index (χ4v) is 4.12. The normalized spacial score (nSPS) is 13.2. The second-order valence-corrected chi connectivity index (χ2v) is 9.66. The van der Waals surface area contributed by atoms with Crippen LogP contribution in [0.1, 0.15) is 44.7 Å². The number of benzene rings is 3. The Kier molecular flexibility index (Phi) is 6.59. The van der Waals surface area contributed by atoms with E-state index in [1.54, 1.807) is 0 Å². The van der Waals surface area contributed by atoms with E-state index < -0.39 is 0 Å². The average Bonchev–Trinajstić information content (AvgIpc) is 2.67. The third kappa shape index (κ3) is 5.58. The molecule has 0 fully saturated rings. The number of hydrogen-bond donors (Lipinski definition) is 0. The van der Waals surface area contributed by atoms with Gasteiger partial charge in [-0.1, -0.05) is 122 Å². The smallest absolute Gasteiger partial charge is 0.0297 e. The van der Waals surface area contributed by atoms with Crippen LogP contribution in [-0.2, 0) is 0 Å². The SMILES string of the molecule is C=C(C)[C@@H](/C(=C/C(C)(C)C)c1ccc(-c2ccccc2)cc1)c1cccc(Br)c1. The summed E-state index contributed by atoms with van der Waals surface area (Å²) in [5.74, 6) is 0.148. The molecule has 0 aliphatic heterocycles. The Morgan fingerprint density at radius 1 is 0.862 bits per heavy atom. The first-order chi connectivity index (χ1) is 13.7. The quantitative estimate of drug-likeness (QED) is 0.344. The monoisotopic (exact) mass is 444 g/mol. The third-order valence-electron chi connectivity index (χ3n) is 4.90. The number of rotatable bonds is 5. The van der Waals surface area contributed by atoms with E-state index in [-0.39, 0.29) is 11.3 Å². The van der Waals surface area contributed by atoms with Gasteiger partial charge < -0.3 is 0 Å². The van der Waals surface area contributed by atoms with E-state index in [0.717, 1.165) is 10.0 Å². The summed E-state index contributed by atoms with van der Waals surface area (Å²) in [7, 11) is 0. The summed E-state index contributed by atoms with van der Waals surface area (Å²) in [6, 6.07) is 28.0. The van der Waals surface area contributed by atoms with Gasteiger partial charge in [0.15, 0.2) is 0 Å². The zero-order valence-electron chi connectivity index (χ0n) is 17.7. The van der Waals surface area contributed by atoms with E-state index in [2.05, 4.69) is 135 Å². The molecule has 0 aromatic heterocycles. The molecule has 0 nitrogen and oxygen atoms in total. The fourth-order valence-electron chi connectivity index (χ4n) is 3.70. The van der Waals surface area contributed by atoms with Crippen LogP contribution in [0.3, 0.4) is 0 Å². The van der Waals surface area contributed by atoms with E-state index in [1.807, 2.05) is 0 Å². The average molecular weight is 445 g/mol. The first kappa shape index (κ1) is 21.3. The first-order valence-electron chi connectivity index (χ1n) is 10.0. The van der Waals surface area contributed by atoms with E-state index in [1.165, 1.54) is 27.8 Å². The van der Waals surface area contributed by atoms with E-state index in [0.29, 0.717) is 0 Å². The number of halogens is 1. The van der Waals surface area contributed by atoms with Gasteiger partial charge in [0, 0.05) is 10.4 Å². The molecule has 0 aliphatic carbocycles. The highest BCUT2D eigenvalue weighted by molar-refractivity contribution is 9.10. The molecule has 3 rings (SSSR count). The molecule has 0 unspecified atom stereocenters. The van der Waals surface area contributed by atoms with Crippen molar-refractivity contribution in [3.05, 3.63) is 113 Å². The standard InChI is InChI=1S/C28H29Br/c1-20(2)27(24-12-9-13-25(29)18-24)26(19-28(3,4)5)23-16-14-22(15-17-23)21-10-7-6-8-11-21/h6-19,27H,1H2,2-5H3/b26-19+/t27-/m1/s1.